The second-order valence-corrected chi connectivity index (χ2v) is 5.89. The van der Waals surface area contributed by atoms with E-state index in [0.717, 1.165) is 18.2 Å². The lowest BCUT2D eigenvalue weighted by atomic mass is 10.1. The molecule has 5 nitrogen and oxygen atoms in total. The highest BCUT2D eigenvalue weighted by atomic mass is 19.1. The highest BCUT2D eigenvalue weighted by molar-refractivity contribution is 6.05. The summed E-state index contributed by atoms with van der Waals surface area (Å²) in [5.41, 5.74) is 1.33. The third kappa shape index (κ3) is 3.76. The first-order chi connectivity index (χ1) is 11.9. The van der Waals surface area contributed by atoms with Gasteiger partial charge in [-0.05, 0) is 31.2 Å². The molecule has 2 aromatic carbocycles. The number of nitrogens with one attached hydrogen (secondary N) is 2. The van der Waals surface area contributed by atoms with Crippen molar-refractivity contribution in [2.45, 2.75) is 19.4 Å². The van der Waals surface area contributed by atoms with Crippen LogP contribution in [0.25, 0.3) is 0 Å². The van der Waals surface area contributed by atoms with Crippen molar-refractivity contribution in [3.8, 4) is 0 Å². The van der Waals surface area contributed by atoms with Crippen LogP contribution in [0.1, 0.15) is 13.3 Å². The Morgan fingerprint density at radius 2 is 1.92 bits per heavy atom. The number of fused-ring (bicyclic) bond motifs is 1. The van der Waals surface area contributed by atoms with E-state index in [2.05, 4.69) is 10.6 Å². The Bertz CT molecular complexity index is 805. The third-order valence-electron chi connectivity index (χ3n) is 3.93. The van der Waals surface area contributed by atoms with Crippen LogP contribution in [0, 0.1) is 11.6 Å². The average Bonchev–Trinajstić information content (AvgIpc) is 2.66. The molecular formula is C18H17F2N3O2. The molecule has 0 saturated carbocycles. The second kappa shape index (κ2) is 6.88. The number of halogens is 2. The quantitative estimate of drug-likeness (QED) is 0.898. The fraction of sp³-hybridized carbons (Fsp3) is 0.222. The van der Waals surface area contributed by atoms with Crippen molar-refractivity contribution in [3.05, 3.63) is 54.1 Å². The van der Waals surface area contributed by atoms with Crippen LogP contribution >= 0.6 is 0 Å². The molecule has 0 bridgehead atoms. The Kier molecular flexibility index (Phi) is 4.65. The third-order valence-corrected chi connectivity index (χ3v) is 3.93. The van der Waals surface area contributed by atoms with Gasteiger partial charge in [-0.1, -0.05) is 12.1 Å². The second-order valence-electron chi connectivity index (χ2n) is 5.89. The summed E-state index contributed by atoms with van der Waals surface area (Å²) in [6.07, 6.45) is 0.162. The molecule has 0 spiro atoms. The minimum absolute atomic E-state index is 0.157. The first-order valence-electron chi connectivity index (χ1n) is 7.85. The average molecular weight is 345 g/mol. The number of amides is 2. The lowest BCUT2D eigenvalue weighted by Gasteiger charge is -2.28. The highest BCUT2D eigenvalue weighted by Gasteiger charge is 2.29. The van der Waals surface area contributed by atoms with E-state index < -0.39 is 11.6 Å². The predicted octanol–water partition coefficient (Wildman–Crippen LogP) is 3.14. The summed E-state index contributed by atoms with van der Waals surface area (Å²) in [4.78, 5) is 26.2. The van der Waals surface area contributed by atoms with Crippen LogP contribution in [0.4, 0.5) is 25.8 Å². The van der Waals surface area contributed by atoms with Crippen molar-refractivity contribution >= 4 is 28.9 Å². The molecule has 0 aromatic heterocycles. The van der Waals surface area contributed by atoms with Crippen LogP contribution in [-0.4, -0.2) is 24.4 Å². The Labute approximate surface area is 143 Å². The summed E-state index contributed by atoms with van der Waals surface area (Å²) in [6, 6.07) is 9.66. The molecule has 1 aliphatic heterocycles. The molecule has 1 heterocycles. The van der Waals surface area contributed by atoms with Crippen LogP contribution in [0.5, 0.6) is 0 Å². The van der Waals surface area contributed by atoms with Crippen molar-refractivity contribution in [1.82, 2.24) is 0 Å². The van der Waals surface area contributed by atoms with E-state index in [1.807, 2.05) is 0 Å². The maximum atomic E-state index is 13.2. The van der Waals surface area contributed by atoms with E-state index in [1.54, 1.807) is 31.2 Å². The summed E-state index contributed by atoms with van der Waals surface area (Å²) >= 11 is 0. The van der Waals surface area contributed by atoms with Gasteiger partial charge in [0.1, 0.15) is 11.6 Å². The highest BCUT2D eigenvalue weighted by Crippen LogP contribution is 2.31. The van der Waals surface area contributed by atoms with Crippen molar-refractivity contribution in [3.63, 3.8) is 0 Å². The van der Waals surface area contributed by atoms with E-state index in [-0.39, 0.29) is 36.5 Å². The van der Waals surface area contributed by atoms with Gasteiger partial charge in [0.2, 0.25) is 11.8 Å². The standard InChI is InChI=1S/C18H17F2N3O2/c1-11-6-17(24)22-15-4-2-3-5-16(15)23(11)18(25)10-21-14-8-12(19)7-13(20)9-14/h2-5,7-9,11,21H,6,10H2,1H3,(H,22,24)/t11-/m0/s1. The van der Waals surface area contributed by atoms with Gasteiger partial charge in [-0.2, -0.15) is 0 Å². The monoisotopic (exact) mass is 345 g/mol. The molecular weight excluding hydrogens is 328 g/mol. The predicted molar refractivity (Wildman–Crippen MR) is 91.5 cm³/mol. The lowest BCUT2D eigenvalue weighted by Crippen LogP contribution is -2.42. The molecule has 7 heteroatoms. The van der Waals surface area contributed by atoms with E-state index in [9.17, 15) is 18.4 Å². The number of rotatable bonds is 3. The summed E-state index contributed by atoms with van der Waals surface area (Å²) in [5, 5.41) is 5.50. The zero-order valence-corrected chi connectivity index (χ0v) is 13.6. The normalized spacial score (nSPS) is 16.7. The van der Waals surface area contributed by atoms with Crippen molar-refractivity contribution in [1.29, 1.82) is 0 Å². The van der Waals surface area contributed by atoms with Gasteiger partial charge < -0.3 is 15.5 Å². The molecule has 1 aliphatic rings. The Morgan fingerprint density at radius 1 is 1.24 bits per heavy atom. The molecule has 0 radical (unpaired) electrons. The Morgan fingerprint density at radius 3 is 2.64 bits per heavy atom. The van der Waals surface area contributed by atoms with Crippen molar-refractivity contribution in [2.75, 3.05) is 22.1 Å². The molecule has 0 unspecified atom stereocenters. The summed E-state index contributed by atoms with van der Waals surface area (Å²) in [5.74, 6) is -1.92. The number of hydrogen-bond donors (Lipinski definition) is 2. The van der Waals surface area contributed by atoms with Gasteiger partial charge in [-0.15, -0.1) is 0 Å². The van der Waals surface area contributed by atoms with E-state index >= 15 is 0 Å². The first kappa shape index (κ1) is 16.9. The molecule has 0 saturated heterocycles. The van der Waals surface area contributed by atoms with Gasteiger partial charge >= 0.3 is 0 Å². The molecule has 2 aromatic rings. The van der Waals surface area contributed by atoms with E-state index in [0.29, 0.717) is 11.4 Å². The minimum Gasteiger partial charge on any atom is -0.376 e. The number of anilines is 3. The molecule has 25 heavy (non-hydrogen) atoms. The minimum atomic E-state index is -0.724. The molecule has 3 rings (SSSR count). The smallest absolute Gasteiger partial charge is 0.246 e. The van der Waals surface area contributed by atoms with Gasteiger partial charge in [0, 0.05) is 24.2 Å². The van der Waals surface area contributed by atoms with Crippen molar-refractivity contribution in [2.24, 2.45) is 0 Å². The first-order valence-corrected chi connectivity index (χ1v) is 7.85. The Hall–Kier alpha value is -2.96. The van der Waals surface area contributed by atoms with Crippen LogP contribution in [0.2, 0.25) is 0 Å². The van der Waals surface area contributed by atoms with Crippen LogP contribution in [0.3, 0.4) is 0 Å². The van der Waals surface area contributed by atoms with Gasteiger partial charge in [0.05, 0.1) is 17.9 Å². The number of carbonyl (C=O) groups is 2. The summed E-state index contributed by atoms with van der Waals surface area (Å²) in [6.45, 7) is 1.62. The molecule has 0 fully saturated rings. The number of hydrogen-bond acceptors (Lipinski definition) is 3. The summed E-state index contributed by atoms with van der Waals surface area (Å²) < 4.78 is 26.5. The van der Waals surface area contributed by atoms with Crippen LogP contribution in [0.15, 0.2) is 42.5 Å². The van der Waals surface area contributed by atoms with Crippen molar-refractivity contribution < 1.29 is 18.4 Å². The topological polar surface area (TPSA) is 61.4 Å². The zero-order chi connectivity index (χ0) is 18.0. The maximum Gasteiger partial charge on any atom is 0.246 e. The molecule has 2 amide bonds. The number of para-hydroxylation sites is 2. The van der Waals surface area contributed by atoms with Gasteiger partial charge in [-0.25, -0.2) is 8.78 Å². The van der Waals surface area contributed by atoms with E-state index in [4.69, 9.17) is 0 Å². The lowest BCUT2D eigenvalue weighted by molar-refractivity contribution is -0.118. The van der Waals surface area contributed by atoms with Gasteiger partial charge in [0.15, 0.2) is 0 Å². The fourth-order valence-electron chi connectivity index (χ4n) is 2.89. The van der Waals surface area contributed by atoms with Gasteiger partial charge in [-0.3, -0.25) is 9.59 Å². The molecule has 1 atom stereocenters. The van der Waals surface area contributed by atoms with Crippen LogP contribution in [-0.2, 0) is 9.59 Å². The molecule has 130 valence electrons. The summed E-state index contributed by atoms with van der Waals surface area (Å²) in [7, 11) is 0. The SMILES string of the molecule is C[C@H]1CC(=O)Nc2ccccc2N1C(=O)CNc1cc(F)cc(F)c1. The maximum absolute atomic E-state index is 13.2. The van der Waals surface area contributed by atoms with Crippen LogP contribution < -0.4 is 15.5 Å². The zero-order valence-electron chi connectivity index (χ0n) is 13.6. The van der Waals surface area contributed by atoms with Gasteiger partial charge in [0.25, 0.3) is 0 Å². The molecule has 0 aliphatic carbocycles. The number of nitrogens with zero attached hydrogens (tertiary/aromatic N) is 1. The Balaban J connectivity index is 1.81. The number of carbonyl (C=O) groups excluding carboxylic acids is 2. The fourth-order valence-corrected chi connectivity index (χ4v) is 2.89. The largest absolute Gasteiger partial charge is 0.376 e. The van der Waals surface area contributed by atoms with E-state index in [1.165, 1.54) is 4.90 Å². The molecule has 2 N–H and O–H groups in total. The number of benzene rings is 2.